The number of rotatable bonds is 9. The van der Waals surface area contributed by atoms with Gasteiger partial charge in [0.25, 0.3) is 5.91 Å². The molecule has 3 heterocycles. The first-order chi connectivity index (χ1) is 19.6. The Morgan fingerprint density at radius 3 is 2.66 bits per heavy atom. The summed E-state index contributed by atoms with van der Waals surface area (Å²) < 4.78 is 7.55. The fourth-order valence-corrected chi connectivity index (χ4v) is 5.97. The topological polar surface area (TPSA) is 114 Å². The van der Waals surface area contributed by atoms with Crippen molar-refractivity contribution in [2.24, 2.45) is 5.41 Å². The fourth-order valence-electron chi connectivity index (χ4n) is 5.12. The Balaban J connectivity index is 1.40. The molecule has 1 aliphatic rings. The minimum Gasteiger partial charge on any atom is -0.443 e. The number of aromatic nitrogens is 3. The first-order valence-corrected chi connectivity index (χ1v) is 14.9. The number of anilines is 1. The van der Waals surface area contributed by atoms with Gasteiger partial charge in [-0.05, 0) is 73.9 Å². The second-order valence-electron chi connectivity index (χ2n) is 11.8. The van der Waals surface area contributed by atoms with E-state index in [0.29, 0.717) is 22.6 Å². The highest BCUT2D eigenvalue weighted by Gasteiger charge is 2.28. The lowest BCUT2D eigenvalue weighted by Gasteiger charge is -2.31. The maximum absolute atomic E-state index is 13.4. The van der Waals surface area contributed by atoms with Gasteiger partial charge in [-0.1, -0.05) is 33.4 Å². The summed E-state index contributed by atoms with van der Waals surface area (Å²) in [5.74, 6) is 0.803. The number of carbonyl (C=O) groups is 2. The summed E-state index contributed by atoms with van der Waals surface area (Å²) in [6.45, 7) is 13.2. The molecule has 3 N–H and O–H groups in total. The fraction of sp³-hybridized carbons (Fsp3) is 0.419. The van der Waals surface area contributed by atoms with Gasteiger partial charge >= 0.3 is 0 Å². The summed E-state index contributed by atoms with van der Waals surface area (Å²) in [7, 11) is 0. The van der Waals surface area contributed by atoms with E-state index in [-0.39, 0.29) is 29.3 Å². The minimum atomic E-state index is -0.217. The molecular weight excluding hydrogens is 536 g/mol. The second kappa shape index (κ2) is 12.0. The maximum Gasteiger partial charge on any atom is 0.268 e. The van der Waals surface area contributed by atoms with Crippen LogP contribution >= 0.6 is 11.3 Å². The Morgan fingerprint density at radius 1 is 1.20 bits per heavy atom. The Kier molecular flexibility index (Phi) is 8.42. The first-order valence-electron chi connectivity index (χ1n) is 14.1. The normalized spacial score (nSPS) is 18.2. The average molecular weight is 575 g/mol. The predicted octanol–water partition coefficient (Wildman–Crippen LogP) is 6.32. The molecule has 41 heavy (non-hydrogen) atoms. The third-order valence-corrected chi connectivity index (χ3v) is 9.09. The van der Waals surface area contributed by atoms with E-state index in [1.165, 1.54) is 23.8 Å². The van der Waals surface area contributed by atoms with Gasteiger partial charge < -0.3 is 19.6 Å². The van der Waals surface area contributed by atoms with Crippen LogP contribution in [0.25, 0.3) is 21.7 Å². The zero-order valence-corrected chi connectivity index (χ0v) is 24.9. The molecule has 10 heteroatoms. The van der Waals surface area contributed by atoms with Crippen molar-refractivity contribution in [3.05, 3.63) is 66.0 Å². The van der Waals surface area contributed by atoms with Crippen LogP contribution in [0.4, 0.5) is 5.95 Å². The van der Waals surface area contributed by atoms with Gasteiger partial charge in [0.05, 0.1) is 27.0 Å². The van der Waals surface area contributed by atoms with Crippen molar-refractivity contribution < 1.29 is 14.0 Å². The number of imidazole rings is 1. The first kappa shape index (κ1) is 28.8. The zero-order chi connectivity index (χ0) is 29.1. The number of oxazole rings is 1. The van der Waals surface area contributed by atoms with Crippen LogP contribution in [-0.2, 0) is 11.3 Å². The SMILES string of the molecule is C=CC(=O)NC1CCC(n2c(NC(=O)c3ccc(-c4cnco4)s3)nc3cc(CN[C@@H](C)C(C)(C)C)ccc32)CC1. The van der Waals surface area contributed by atoms with Crippen molar-refractivity contribution in [3.63, 3.8) is 0 Å². The molecule has 5 rings (SSSR count). The number of amides is 2. The Labute approximate surface area is 244 Å². The number of nitrogens with zero attached hydrogens (tertiary/aromatic N) is 3. The van der Waals surface area contributed by atoms with E-state index in [1.54, 1.807) is 12.3 Å². The van der Waals surface area contributed by atoms with Gasteiger partial charge in [0.15, 0.2) is 12.2 Å². The molecule has 1 fully saturated rings. The van der Waals surface area contributed by atoms with Gasteiger partial charge in [0.1, 0.15) is 0 Å². The quantitative estimate of drug-likeness (QED) is 0.202. The van der Waals surface area contributed by atoms with Crippen LogP contribution in [-0.4, -0.2) is 38.4 Å². The summed E-state index contributed by atoms with van der Waals surface area (Å²) in [6.07, 6.45) is 7.73. The van der Waals surface area contributed by atoms with Crippen molar-refractivity contribution in [3.8, 4) is 10.6 Å². The van der Waals surface area contributed by atoms with Gasteiger partial charge in [-0.2, -0.15) is 0 Å². The van der Waals surface area contributed by atoms with Crippen LogP contribution in [0, 0.1) is 5.41 Å². The molecule has 1 atom stereocenters. The van der Waals surface area contributed by atoms with Crippen LogP contribution in [0.3, 0.4) is 0 Å². The van der Waals surface area contributed by atoms with E-state index in [9.17, 15) is 9.59 Å². The lowest BCUT2D eigenvalue weighted by Crippen LogP contribution is -2.37. The monoisotopic (exact) mass is 574 g/mol. The molecule has 0 saturated heterocycles. The van der Waals surface area contributed by atoms with Crippen LogP contribution < -0.4 is 16.0 Å². The molecule has 9 nitrogen and oxygen atoms in total. The van der Waals surface area contributed by atoms with Gasteiger partial charge in [0.2, 0.25) is 11.9 Å². The molecule has 4 aromatic rings. The lowest BCUT2D eigenvalue weighted by atomic mass is 9.88. The number of hydrogen-bond donors (Lipinski definition) is 3. The molecule has 2 amide bonds. The summed E-state index contributed by atoms with van der Waals surface area (Å²) in [4.78, 5) is 35.5. The van der Waals surface area contributed by atoms with Crippen LogP contribution in [0.15, 0.2) is 60.0 Å². The van der Waals surface area contributed by atoms with Crippen molar-refractivity contribution in [2.45, 2.75) is 78.0 Å². The van der Waals surface area contributed by atoms with Crippen LogP contribution in [0.2, 0.25) is 0 Å². The van der Waals surface area contributed by atoms with E-state index < -0.39 is 0 Å². The van der Waals surface area contributed by atoms with E-state index in [0.717, 1.165) is 53.7 Å². The largest absolute Gasteiger partial charge is 0.443 e. The standard InChI is InChI=1S/C31H38N6O3S/c1-6-28(38)34-21-8-10-22(11-9-21)37-24-12-7-20(16-33-19(2)31(3,4)5)15-23(24)35-30(37)36-29(39)27-14-13-26(41-27)25-17-32-18-40-25/h6-7,12-15,17-19,21-22,33H,1,8-11,16H2,2-5H3,(H,34,38)(H,35,36,39)/t19-,21?,22?/m0/s1. The third-order valence-electron chi connectivity index (χ3n) is 7.99. The van der Waals surface area contributed by atoms with Gasteiger partial charge in [-0.3, -0.25) is 14.9 Å². The van der Waals surface area contributed by atoms with Crippen LogP contribution in [0.1, 0.15) is 74.7 Å². The van der Waals surface area contributed by atoms with Gasteiger partial charge in [-0.25, -0.2) is 9.97 Å². The minimum absolute atomic E-state index is 0.118. The van der Waals surface area contributed by atoms with Crippen molar-refractivity contribution in [1.29, 1.82) is 0 Å². The van der Waals surface area contributed by atoms with E-state index >= 15 is 0 Å². The molecule has 0 aliphatic heterocycles. The lowest BCUT2D eigenvalue weighted by molar-refractivity contribution is -0.117. The molecule has 1 aromatic carbocycles. The molecule has 0 radical (unpaired) electrons. The summed E-state index contributed by atoms with van der Waals surface area (Å²) >= 11 is 1.35. The van der Waals surface area contributed by atoms with E-state index in [1.807, 2.05) is 6.07 Å². The molecule has 0 unspecified atom stereocenters. The zero-order valence-electron chi connectivity index (χ0n) is 24.1. The molecular formula is C31H38N6O3S. The molecule has 3 aromatic heterocycles. The smallest absolute Gasteiger partial charge is 0.268 e. The highest BCUT2D eigenvalue weighted by molar-refractivity contribution is 7.17. The average Bonchev–Trinajstić information content (AvgIpc) is 3.71. The number of hydrogen-bond acceptors (Lipinski definition) is 7. The molecule has 0 bridgehead atoms. The Bertz CT molecular complexity index is 1520. The summed E-state index contributed by atoms with van der Waals surface area (Å²) in [6, 6.07) is 10.6. The Hall–Kier alpha value is -3.76. The highest BCUT2D eigenvalue weighted by atomic mass is 32.1. The van der Waals surface area contributed by atoms with Crippen molar-refractivity contribution in [2.75, 3.05) is 5.32 Å². The number of nitrogens with one attached hydrogen (secondary N) is 3. The third kappa shape index (κ3) is 6.60. The molecule has 0 spiro atoms. The van der Waals surface area contributed by atoms with E-state index in [2.05, 4.69) is 78.0 Å². The highest BCUT2D eigenvalue weighted by Crippen LogP contribution is 2.36. The van der Waals surface area contributed by atoms with Crippen molar-refractivity contribution in [1.82, 2.24) is 25.2 Å². The molecule has 1 aliphatic carbocycles. The van der Waals surface area contributed by atoms with E-state index in [4.69, 9.17) is 9.40 Å². The van der Waals surface area contributed by atoms with Crippen molar-refractivity contribution >= 4 is 40.1 Å². The molecule has 1 saturated carbocycles. The van der Waals surface area contributed by atoms with Crippen LogP contribution in [0.5, 0.6) is 0 Å². The Morgan fingerprint density at radius 2 is 1.98 bits per heavy atom. The van der Waals surface area contributed by atoms with Gasteiger partial charge in [0, 0.05) is 24.7 Å². The number of carbonyl (C=O) groups excluding carboxylic acids is 2. The number of benzene rings is 1. The maximum atomic E-state index is 13.4. The predicted molar refractivity (Wildman–Crippen MR) is 163 cm³/mol. The molecule has 216 valence electrons. The number of fused-ring (bicyclic) bond motifs is 1. The second-order valence-corrected chi connectivity index (χ2v) is 12.9. The summed E-state index contributed by atoms with van der Waals surface area (Å²) in [5, 5.41) is 9.74. The summed E-state index contributed by atoms with van der Waals surface area (Å²) in [5.41, 5.74) is 3.13. The van der Waals surface area contributed by atoms with Gasteiger partial charge in [-0.15, -0.1) is 11.3 Å². The number of thiophene rings is 1.